The average Bonchev–Trinajstić information content (AvgIpc) is 3.08. The third-order valence-corrected chi connectivity index (χ3v) is 4.48. The Hall–Kier alpha value is -2.06. The van der Waals surface area contributed by atoms with Gasteiger partial charge in [-0.25, -0.2) is 0 Å². The summed E-state index contributed by atoms with van der Waals surface area (Å²) in [6, 6.07) is 7.43. The molecule has 0 atom stereocenters. The molecule has 130 valence electrons. The van der Waals surface area contributed by atoms with E-state index in [2.05, 4.69) is 42.1 Å². The van der Waals surface area contributed by atoms with E-state index in [1.54, 1.807) is 28.7 Å². The van der Waals surface area contributed by atoms with Crippen LogP contribution in [0.25, 0.3) is 21.8 Å². The predicted molar refractivity (Wildman–Crippen MR) is 105 cm³/mol. The van der Waals surface area contributed by atoms with E-state index in [1.165, 1.54) is 0 Å². The van der Waals surface area contributed by atoms with Gasteiger partial charge in [0.05, 0.1) is 28.9 Å². The fraction of sp³-hybridized carbons (Fsp3) is 0.176. The topological polar surface area (TPSA) is 65.1 Å². The van der Waals surface area contributed by atoms with Gasteiger partial charge < -0.3 is 9.84 Å². The summed E-state index contributed by atoms with van der Waals surface area (Å²) in [6.45, 7) is 0. The molecule has 1 N–H and O–H groups in total. The van der Waals surface area contributed by atoms with E-state index in [0.717, 1.165) is 36.5 Å². The largest absolute Gasteiger partial charge is 0.507 e. The number of phenolic OH excluding ortho intramolecular Hbond substituents is 1. The maximum absolute atomic E-state index is 9.48. The van der Waals surface area contributed by atoms with Crippen LogP contribution in [0.15, 0.2) is 45.6 Å². The van der Waals surface area contributed by atoms with Crippen LogP contribution in [0.4, 0.5) is 0 Å². The van der Waals surface area contributed by atoms with Crippen LogP contribution in [0.1, 0.15) is 0 Å². The number of benzene rings is 2. The molecule has 0 amide bonds. The first-order valence-corrected chi connectivity index (χ1v) is 8.94. The van der Waals surface area contributed by atoms with Gasteiger partial charge in [0.15, 0.2) is 0 Å². The summed E-state index contributed by atoms with van der Waals surface area (Å²) in [7, 11) is 5.38. The molecule has 2 aromatic heterocycles. The molecule has 4 rings (SSSR count). The lowest BCUT2D eigenvalue weighted by Gasteiger charge is -2.00. The van der Waals surface area contributed by atoms with Crippen LogP contribution >= 0.6 is 31.9 Å². The lowest BCUT2D eigenvalue weighted by atomic mass is 10.2. The van der Waals surface area contributed by atoms with E-state index < -0.39 is 0 Å². The molecule has 2 aromatic carbocycles. The predicted octanol–water partition coefficient (Wildman–Crippen LogP) is 4.39. The number of aryl methyl sites for hydroxylation is 2. The highest BCUT2D eigenvalue weighted by Crippen LogP contribution is 2.29. The van der Waals surface area contributed by atoms with Crippen LogP contribution in [-0.4, -0.2) is 31.8 Å². The number of hydrogen-bond acceptors (Lipinski definition) is 4. The van der Waals surface area contributed by atoms with Crippen molar-refractivity contribution in [3.05, 3.63) is 45.6 Å². The first-order chi connectivity index (χ1) is 11.9. The summed E-state index contributed by atoms with van der Waals surface area (Å²) in [4.78, 5) is 0. The van der Waals surface area contributed by atoms with Crippen LogP contribution in [0, 0.1) is 0 Å². The Balaban J connectivity index is 0.000000146. The van der Waals surface area contributed by atoms with E-state index in [1.807, 2.05) is 38.5 Å². The van der Waals surface area contributed by atoms with Crippen molar-refractivity contribution in [3.8, 4) is 11.5 Å². The Morgan fingerprint density at radius 2 is 1.40 bits per heavy atom. The monoisotopic (exact) mass is 466 g/mol. The van der Waals surface area contributed by atoms with Gasteiger partial charge in [-0.1, -0.05) is 31.9 Å². The molecule has 0 aliphatic carbocycles. The average molecular weight is 468 g/mol. The normalized spacial score (nSPS) is 10.8. The van der Waals surface area contributed by atoms with Gasteiger partial charge in [-0.2, -0.15) is 10.2 Å². The van der Waals surface area contributed by atoms with Crippen LogP contribution in [0.2, 0.25) is 0 Å². The second-order valence-corrected chi connectivity index (χ2v) is 7.34. The third-order valence-electron chi connectivity index (χ3n) is 3.57. The Bertz CT molecular complexity index is 1060. The summed E-state index contributed by atoms with van der Waals surface area (Å²) in [5.74, 6) is 1.10. The second kappa shape index (κ2) is 7.05. The van der Waals surface area contributed by atoms with Gasteiger partial charge in [0.25, 0.3) is 0 Å². The molecule has 0 spiro atoms. The first-order valence-electron chi connectivity index (χ1n) is 7.36. The summed E-state index contributed by atoms with van der Waals surface area (Å²) >= 11 is 6.69. The van der Waals surface area contributed by atoms with Gasteiger partial charge in [0, 0.05) is 35.4 Å². The van der Waals surface area contributed by atoms with Crippen molar-refractivity contribution in [2.24, 2.45) is 14.1 Å². The molecule has 0 fully saturated rings. The number of fused-ring (bicyclic) bond motifs is 2. The lowest BCUT2D eigenvalue weighted by molar-refractivity contribution is 0.419. The maximum atomic E-state index is 9.48. The Kier molecular flexibility index (Phi) is 5.01. The molecule has 2 heterocycles. The van der Waals surface area contributed by atoms with E-state index in [-0.39, 0.29) is 5.75 Å². The molecule has 0 saturated heterocycles. The van der Waals surface area contributed by atoms with Crippen molar-refractivity contribution in [2.75, 3.05) is 7.11 Å². The van der Waals surface area contributed by atoms with Gasteiger partial charge >= 0.3 is 0 Å². The molecule has 0 saturated carbocycles. The highest BCUT2D eigenvalue weighted by atomic mass is 79.9. The number of hydrogen-bond donors (Lipinski definition) is 1. The van der Waals surface area contributed by atoms with Crippen molar-refractivity contribution in [2.45, 2.75) is 0 Å². The molecule has 0 aliphatic rings. The first kappa shape index (κ1) is 17.8. The Morgan fingerprint density at radius 3 is 2.00 bits per heavy atom. The molecule has 0 bridgehead atoms. The molecule has 4 aromatic rings. The molecular weight excluding hydrogens is 452 g/mol. The van der Waals surface area contributed by atoms with Crippen LogP contribution < -0.4 is 4.74 Å². The minimum Gasteiger partial charge on any atom is -0.507 e. The zero-order chi connectivity index (χ0) is 18.1. The molecule has 0 aliphatic heterocycles. The lowest BCUT2D eigenvalue weighted by Crippen LogP contribution is -1.84. The molecule has 25 heavy (non-hydrogen) atoms. The fourth-order valence-corrected chi connectivity index (χ4v) is 3.39. The minimum absolute atomic E-state index is 0.257. The third kappa shape index (κ3) is 3.80. The van der Waals surface area contributed by atoms with Crippen molar-refractivity contribution in [3.63, 3.8) is 0 Å². The molecular formula is C17H16Br2N4O2. The van der Waals surface area contributed by atoms with Crippen molar-refractivity contribution >= 4 is 53.7 Å². The van der Waals surface area contributed by atoms with Gasteiger partial charge in [0.2, 0.25) is 0 Å². The van der Waals surface area contributed by atoms with Gasteiger partial charge in [0.1, 0.15) is 11.5 Å². The van der Waals surface area contributed by atoms with Gasteiger partial charge in [-0.15, -0.1) is 0 Å². The number of aromatic nitrogens is 4. The Labute approximate surface area is 161 Å². The van der Waals surface area contributed by atoms with Gasteiger partial charge in [-0.05, 0) is 24.3 Å². The van der Waals surface area contributed by atoms with Crippen LogP contribution in [0.3, 0.4) is 0 Å². The summed E-state index contributed by atoms with van der Waals surface area (Å²) in [6.07, 6.45) is 3.73. The highest BCUT2D eigenvalue weighted by molar-refractivity contribution is 9.10. The number of rotatable bonds is 1. The smallest absolute Gasteiger partial charge is 0.130 e. The summed E-state index contributed by atoms with van der Waals surface area (Å²) in [5.41, 5.74) is 1.73. The Morgan fingerprint density at radius 1 is 0.880 bits per heavy atom. The zero-order valence-electron chi connectivity index (χ0n) is 13.9. The number of aromatic hydroxyl groups is 1. The molecule has 6 nitrogen and oxygen atoms in total. The van der Waals surface area contributed by atoms with Crippen LogP contribution in [0.5, 0.6) is 11.5 Å². The standard InChI is InChI=1S/C9H9BrN2O.C8H7BrN2O/c1-12-5-7-8(11-12)3-6(10)4-9(7)13-2;1-11-4-6-7(10-11)2-5(9)3-8(6)12/h3-5H,1-2H3;2-4,12H,1H3. The van der Waals surface area contributed by atoms with E-state index in [4.69, 9.17) is 4.74 Å². The zero-order valence-corrected chi connectivity index (χ0v) is 17.0. The number of phenols is 1. The molecule has 0 radical (unpaired) electrons. The maximum Gasteiger partial charge on any atom is 0.130 e. The van der Waals surface area contributed by atoms with Crippen molar-refractivity contribution < 1.29 is 9.84 Å². The highest BCUT2D eigenvalue weighted by Gasteiger charge is 2.06. The SMILES string of the molecule is COc1cc(Br)cc2nn(C)cc12.Cn1cc2c(O)cc(Br)cc2n1. The second-order valence-electron chi connectivity index (χ2n) is 5.50. The number of halogens is 2. The summed E-state index contributed by atoms with van der Waals surface area (Å²) in [5, 5.41) is 19.7. The van der Waals surface area contributed by atoms with Crippen LogP contribution in [-0.2, 0) is 14.1 Å². The van der Waals surface area contributed by atoms with Crippen molar-refractivity contribution in [1.29, 1.82) is 0 Å². The van der Waals surface area contributed by atoms with E-state index in [9.17, 15) is 5.11 Å². The molecule has 8 heteroatoms. The number of methoxy groups -OCH3 is 1. The number of nitrogens with zero attached hydrogens (tertiary/aromatic N) is 4. The number of ether oxygens (including phenoxy) is 1. The fourth-order valence-electron chi connectivity index (χ4n) is 2.54. The van der Waals surface area contributed by atoms with E-state index in [0.29, 0.717) is 0 Å². The van der Waals surface area contributed by atoms with Crippen molar-refractivity contribution in [1.82, 2.24) is 19.6 Å². The van der Waals surface area contributed by atoms with Gasteiger partial charge in [-0.3, -0.25) is 9.36 Å². The van der Waals surface area contributed by atoms with E-state index >= 15 is 0 Å². The molecule has 0 unspecified atom stereocenters. The minimum atomic E-state index is 0.257. The quantitative estimate of drug-likeness (QED) is 0.451. The summed E-state index contributed by atoms with van der Waals surface area (Å²) < 4.78 is 10.5.